The SMILES string of the molecule is CCNC(=NCC(C)Oc1ccc(Cl)cc1)NCCc1noc(-c2ccccn2)n1.I. The Morgan fingerprint density at radius 2 is 2.00 bits per heavy atom. The first-order chi connectivity index (χ1) is 14.6. The van der Waals surface area contributed by atoms with Gasteiger partial charge in [-0.2, -0.15) is 4.98 Å². The molecule has 10 heteroatoms. The molecule has 0 saturated heterocycles. The molecule has 2 aromatic heterocycles. The molecule has 1 unspecified atom stereocenters. The van der Waals surface area contributed by atoms with Crippen LogP contribution in [0.2, 0.25) is 5.02 Å². The van der Waals surface area contributed by atoms with E-state index < -0.39 is 0 Å². The number of rotatable bonds is 9. The second-order valence-electron chi connectivity index (χ2n) is 6.51. The number of pyridine rings is 1. The molecule has 1 aromatic carbocycles. The molecule has 2 heterocycles. The highest BCUT2D eigenvalue weighted by Crippen LogP contribution is 2.17. The quantitative estimate of drug-likeness (QED) is 0.234. The number of ether oxygens (including phenoxy) is 1. The molecule has 2 N–H and O–H groups in total. The highest BCUT2D eigenvalue weighted by molar-refractivity contribution is 14.0. The predicted molar refractivity (Wildman–Crippen MR) is 132 cm³/mol. The van der Waals surface area contributed by atoms with E-state index in [-0.39, 0.29) is 30.1 Å². The molecule has 0 fully saturated rings. The van der Waals surface area contributed by atoms with Gasteiger partial charge in [-0.05, 0) is 50.2 Å². The van der Waals surface area contributed by atoms with Crippen LogP contribution in [0.25, 0.3) is 11.6 Å². The molecular formula is C21H26ClIN6O2. The van der Waals surface area contributed by atoms with Gasteiger partial charge in [0, 0.05) is 30.7 Å². The first kappa shape index (κ1) is 24.9. The minimum Gasteiger partial charge on any atom is -0.489 e. The number of hydrogen-bond acceptors (Lipinski definition) is 6. The summed E-state index contributed by atoms with van der Waals surface area (Å²) in [7, 11) is 0. The number of guanidine groups is 1. The molecule has 0 aliphatic carbocycles. The largest absolute Gasteiger partial charge is 0.489 e. The summed E-state index contributed by atoms with van der Waals surface area (Å²) in [6.45, 7) is 5.86. The highest BCUT2D eigenvalue weighted by Gasteiger charge is 2.10. The van der Waals surface area contributed by atoms with Crippen LogP contribution < -0.4 is 15.4 Å². The van der Waals surface area contributed by atoms with Gasteiger partial charge in [-0.1, -0.05) is 22.8 Å². The standard InChI is InChI=1S/C21H25ClN6O2.HI/c1-3-23-21(26-14-15(2)29-17-9-7-16(22)8-10-17)25-13-11-19-27-20(30-28-19)18-6-4-5-12-24-18;/h4-10,12,15H,3,11,13-14H2,1-2H3,(H2,23,25,26);1H. The molecule has 8 nitrogen and oxygen atoms in total. The third-order valence-corrected chi connectivity index (χ3v) is 4.25. The van der Waals surface area contributed by atoms with E-state index in [4.69, 9.17) is 20.9 Å². The molecule has 1 atom stereocenters. The van der Waals surface area contributed by atoms with Crippen LogP contribution in [0, 0.1) is 0 Å². The van der Waals surface area contributed by atoms with Crippen molar-refractivity contribution in [3.8, 4) is 17.3 Å². The Morgan fingerprint density at radius 1 is 1.19 bits per heavy atom. The van der Waals surface area contributed by atoms with Crippen molar-refractivity contribution in [1.82, 2.24) is 25.8 Å². The summed E-state index contributed by atoms with van der Waals surface area (Å²) in [5.74, 6) is 2.50. The fraction of sp³-hybridized carbons (Fsp3) is 0.333. The van der Waals surface area contributed by atoms with Gasteiger partial charge in [0.1, 0.15) is 17.5 Å². The Kier molecular flexibility index (Phi) is 10.5. The lowest BCUT2D eigenvalue weighted by Gasteiger charge is -2.15. The van der Waals surface area contributed by atoms with Crippen LogP contribution in [-0.4, -0.2) is 46.8 Å². The van der Waals surface area contributed by atoms with Crippen molar-refractivity contribution in [1.29, 1.82) is 0 Å². The number of nitrogens with zero attached hydrogens (tertiary/aromatic N) is 4. The maximum absolute atomic E-state index is 5.90. The molecule has 31 heavy (non-hydrogen) atoms. The summed E-state index contributed by atoms with van der Waals surface area (Å²) in [5, 5.41) is 11.2. The van der Waals surface area contributed by atoms with E-state index in [0.29, 0.717) is 47.9 Å². The number of hydrogen-bond donors (Lipinski definition) is 2. The monoisotopic (exact) mass is 556 g/mol. The summed E-state index contributed by atoms with van der Waals surface area (Å²) >= 11 is 5.90. The Labute approximate surface area is 203 Å². The number of aromatic nitrogens is 3. The van der Waals surface area contributed by atoms with Crippen molar-refractivity contribution in [3.05, 3.63) is 59.5 Å². The van der Waals surface area contributed by atoms with E-state index in [1.165, 1.54) is 0 Å². The van der Waals surface area contributed by atoms with Crippen molar-refractivity contribution >= 4 is 41.5 Å². The number of aliphatic imine (C=N–C) groups is 1. The minimum absolute atomic E-state index is 0. The molecule has 3 aromatic rings. The number of benzene rings is 1. The zero-order valence-electron chi connectivity index (χ0n) is 17.4. The third kappa shape index (κ3) is 8.33. The van der Waals surface area contributed by atoms with Gasteiger partial charge in [-0.25, -0.2) is 4.99 Å². The van der Waals surface area contributed by atoms with Gasteiger partial charge in [0.25, 0.3) is 5.89 Å². The highest BCUT2D eigenvalue weighted by atomic mass is 127. The van der Waals surface area contributed by atoms with Crippen molar-refractivity contribution in [2.24, 2.45) is 4.99 Å². The summed E-state index contributed by atoms with van der Waals surface area (Å²) in [5.41, 5.74) is 0.661. The van der Waals surface area contributed by atoms with Crippen LogP contribution in [0.3, 0.4) is 0 Å². The molecule has 0 spiro atoms. The molecule has 0 radical (unpaired) electrons. The smallest absolute Gasteiger partial charge is 0.276 e. The first-order valence-corrected chi connectivity index (χ1v) is 10.2. The predicted octanol–water partition coefficient (Wildman–Crippen LogP) is 3.97. The second-order valence-corrected chi connectivity index (χ2v) is 6.95. The Balaban J connectivity index is 0.00000341. The molecule has 0 aliphatic heterocycles. The van der Waals surface area contributed by atoms with Gasteiger partial charge in [0.2, 0.25) is 0 Å². The third-order valence-electron chi connectivity index (χ3n) is 3.99. The molecule has 0 saturated carbocycles. The van der Waals surface area contributed by atoms with E-state index in [2.05, 4.69) is 30.8 Å². The molecule has 0 aliphatic rings. The minimum atomic E-state index is -0.0835. The molecule has 3 rings (SSSR count). The maximum atomic E-state index is 5.90. The van der Waals surface area contributed by atoms with Crippen molar-refractivity contribution < 1.29 is 9.26 Å². The second kappa shape index (κ2) is 13.1. The van der Waals surface area contributed by atoms with E-state index in [9.17, 15) is 0 Å². The maximum Gasteiger partial charge on any atom is 0.276 e. The fourth-order valence-corrected chi connectivity index (χ4v) is 2.71. The topological polar surface area (TPSA) is 97.5 Å². The van der Waals surface area contributed by atoms with Crippen LogP contribution >= 0.6 is 35.6 Å². The van der Waals surface area contributed by atoms with Gasteiger partial charge in [0.05, 0.1) is 6.54 Å². The average molecular weight is 557 g/mol. The summed E-state index contributed by atoms with van der Waals surface area (Å²) < 4.78 is 11.1. The lowest BCUT2D eigenvalue weighted by atomic mass is 10.3. The van der Waals surface area contributed by atoms with E-state index in [1.807, 2.05) is 44.2 Å². The lowest BCUT2D eigenvalue weighted by molar-refractivity contribution is 0.230. The van der Waals surface area contributed by atoms with Crippen molar-refractivity contribution in [2.45, 2.75) is 26.4 Å². The van der Waals surface area contributed by atoms with Crippen LogP contribution in [0.4, 0.5) is 0 Å². The first-order valence-electron chi connectivity index (χ1n) is 9.82. The molecule has 166 valence electrons. The molecular weight excluding hydrogens is 531 g/mol. The molecule has 0 bridgehead atoms. The average Bonchev–Trinajstić information content (AvgIpc) is 3.23. The van der Waals surface area contributed by atoms with E-state index in [1.54, 1.807) is 18.3 Å². The summed E-state index contributed by atoms with van der Waals surface area (Å²) in [4.78, 5) is 13.2. The van der Waals surface area contributed by atoms with Gasteiger partial charge >= 0.3 is 0 Å². The van der Waals surface area contributed by atoms with Crippen molar-refractivity contribution in [2.75, 3.05) is 19.6 Å². The van der Waals surface area contributed by atoms with Crippen LogP contribution in [-0.2, 0) is 6.42 Å². The normalized spacial score (nSPS) is 12.0. The van der Waals surface area contributed by atoms with Crippen molar-refractivity contribution in [3.63, 3.8) is 0 Å². The molecule has 0 amide bonds. The van der Waals surface area contributed by atoms with E-state index in [0.717, 1.165) is 12.3 Å². The Morgan fingerprint density at radius 3 is 2.71 bits per heavy atom. The summed E-state index contributed by atoms with van der Waals surface area (Å²) in [6.07, 6.45) is 2.20. The number of nitrogens with one attached hydrogen (secondary N) is 2. The van der Waals surface area contributed by atoms with Crippen LogP contribution in [0.5, 0.6) is 5.75 Å². The zero-order valence-corrected chi connectivity index (χ0v) is 20.5. The zero-order chi connectivity index (χ0) is 21.2. The van der Waals surface area contributed by atoms with Gasteiger partial charge < -0.3 is 19.9 Å². The van der Waals surface area contributed by atoms with Gasteiger partial charge in [0.15, 0.2) is 11.8 Å². The Bertz CT molecular complexity index is 937. The number of halogens is 2. The van der Waals surface area contributed by atoms with Gasteiger partial charge in [-0.3, -0.25) is 4.98 Å². The Hall–Kier alpha value is -2.40. The van der Waals surface area contributed by atoms with Gasteiger partial charge in [-0.15, -0.1) is 24.0 Å². The van der Waals surface area contributed by atoms with Crippen LogP contribution in [0.15, 0.2) is 58.2 Å². The van der Waals surface area contributed by atoms with Crippen LogP contribution in [0.1, 0.15) is 19.7 Å². The summed E-state index contributed by atoms with van der Waals surface area (Å²) in [6, 6.07) is 12.8. The fourth-order valence-electron chi connectivity index (χ4n) is 2.59. The lowest BCUT2D eigenvalue weighted by Crippen LogP contribution is -2.39. The van der Waals surface area contributed by atoms with E-state index >= 15 is 0 Å².